The molecule has 7 heteroatoms. The van der Waals surface area contributed by atoms with Crippen molar-refractivity contribution in [1.82, 2.24) is 4.90 Å². The zero-order valence-corrected chi connectivity index (χ0v) is 15.2. The molecule has 0 aromatic carbocycles. The summed E-state index contributed by atoms with van der Waals surface area (Å²) < 4.78 is 0. The van der Waals surface area contributed by atoms with E-state index in [1.807, 2.05) is 0 Å². The van der Waals surface area contributed by atoms with Crippen LogP contribution in [0.4, 0.5) is 0 Å². The third-order valence-corrected chi connectivity index (χ3v) is 6.62. The highest BCUT2D eigenvalue weighted by Gasteiger charge is 2.62. The number of amides is 1. The van der Waals surface area contributed by atoms with Crippen LogP contribution in [0.15, 0.2) is 50.5 Å². The third-order valence-electron chi connectivity index (χ3n) is 6.31. The lowest BCUT2D eigenvalue weighted by molar-refractivity contribution is -0.142. The molecule has 1 N–H and O–H groups in total. The van der Waals surface area contributed by atoms with Crippen molar-refractivity contribution in [2.75, 3.05) is 13.1 Å². The van der Waals surface area contributed by atoms with Crippen molar-refractivity contribution >= 4 is 35.5 Å². The summed E-state index contributed by atoms with van der Waals surface area (Å²) in [7, 11) is 0. The van der Waals surface area contributed by atoms with E-state index in [0.29, 0.717) is 28.2 Å². The summed E-state index contributed by atoms with van der Waals surface area (Å²) in [4.78, 5) is 43.0. The molecule has 1 spiro atoms. The van der Waals surface area contributed by atoms with Gasteiger partial charge in [-0.05, 0) is 47.8 Å². The molecule has 2 fully saturated rings. The lowest BCUT2D eigenvalue weighted by Gasteiger charge is -2.41. The van der Waals surface area contributed by atoms with Gasteiger partial charge in [0, 0.05) is 30.2 Å². The number of aliphatic imine (C=N–C) groups is 1. The Kier molecular flexibility index (Phi) is 3.41. The topological polar surface area (TPSA) is 87.0 Å². The van der Waals surface area contributed by atoms with Gasteiger partial charge in [-0.15, -0.1) is 0 Å². The molecule has 6 nitrogen and oxygen atoms in total. The third kappa shape index (κ3) is 2.32. The van der Waals surface area contributed by atoms with E-state index in [1.165, 1.54) is 12.2 Å². The van der Waals surface area contributed by atoms with E-state index in [-0.39, 0.29) is 36.2 Å². The van der Waals surface area contributed by atoms with Gasteiger partial charge >= 0.3 is 5.97 Å². The average molecular weight is 385 g/mol. The first-order valence-electron chi connectivity index (χ1n) is 9.00. The number of carbonyl (C=O) groups excluding carboxylic acids is 2. The Bertz CT molecular complexity index is 964. The Labute approximate surface area is 160 Å². The first-order valence-corrected chi connectivity index (χ1v) is 9.38. The molecule has 1 amide bonds. The van der Waals surface area contributed by atoms with Gasteiger partial charge in [-0.2, -0.15) is 0 Å². The molecule has 5 aliphatic rings. The molecule has 0 radical (unpaired) electrons. The molecule has 0 aromatic rings. The van der Waals surface area contributed by atoms with Crippen LogP contribution in [-0.4, -0.2) is 53.0 Å². The number of halogens is 1. The van der Waals surface area contributed by atoms with Crippen LogP contribution in [0.1, 0.15) is 19.3 Å². The largest absolute Gasteiger partial charge is 0.481 e. The van der Waals surface area contributed by atoms with E-state index in [1.54, 1.807) is 17.2 Å². The number of hydrogen-bond donors (Lipinski definition) is 1. The zero-order valence-electron chi connectivity index (χ0n) is 14.4. The number of allylic oxidation sites excluding steroid dienone is 6. The van der Waals surface area contributed by atoms with Gasteiger partial charge in [0.25, 0.3) is 0 Å². The Hall–Kier alpha value is -2.47. The number of rotatable bonds is 1. The molecule has 2 aliphatic carbocycles. The number of carboxylic acid groups (broad SMARTS) is 1. The minimum absolute atomic E-state index is 0.0173. The van der Waals surface area contributed by atoms with E-state index < -0.39 is 11.9 Å². The van der Waals surface area contributed by atoms with Crippen molar-refractivity contribution in [2.45, 2.75) is 25.3 Å². The van der Waals surface area contributed by atoms with E-state index in [9.17, 15) is 19.5 Å². The van der Waals surface area contributed by atoms with Crippen LogP contribution in [0.25, 0.3) is 0 Å². The summed E-state index contributed by atoms with van der Waals surface area (Å²) in [6.45, 7) is 0.414. The van der Waals surface area contributed by atoms with Crippen LogP contribution in [0, 0.1) is 11.3 Å². The molecule has 27 heavy (non-hydrogen) atoms. The molecule has 2 atom stereocenters. The van der Waals surface area contributed by atoms with Gasteiger partial charge in [-0.3, -0.25) is 19.4 Å². The van der Waals surface area contributed by atoms with E-state index in [0.717, 1.165) is 18.4 Å². The fourth-order valence-corrected chi connectivity index (χ4v) is 5.22. The molecular weight excluding hydrogens is 368 g/mol. The number of ketones is 1. The summed E-state index contributed by atoms with van der Waals surface area (Å²) >= 11 is 6.37. The number of fused-ring (bicyclic) bond motifs is 5. The Balaban J connectivity index is 1.78. The maximum atomic E-state index is 12.6. The monoisotopic (exact) mass is 384 g/mol. The predicted octanol–water partition coefficient (Wildman–Crippen LogP) is 2.02. The van der Waals surface area contributed by atoms with Crippen LogP contribution >= 0.6 is 11.6 Å². The molecule has 3 heterocycles. The number of carbonyl (C=O) groups is 3. The molecule has 138 valence electrons. The van der Waals surface area contributed by atoms with Gasteiger partial charge in [0.15, 0.2) is 5.78 Å². The summed E-state index contributed by atoms with van der Waals surface area (Å²) in [5, 5.41) is 10.3. The van der Waals surface area contributed by atoms with Crippen molar-refractivity contribution in [2.24, 2.45) is 16.3 Å². The normalized spacial score (nSPS) is 30.7. The molecule has 5 rings (SSSR count). The summed E-state index contributed by atoms with van der Waals surface area (Å²) in [6, 6.07) is -0.132. The van der Waals surface area contributed by atoms with Gasteiger partial charge in [0.2, 0.25) is 5.91 Å². The summed E-state index contributed by atoms with van der Waals surface area (Å²) in [6.07, 6.45) is 8.45. The smallest absolute Gasteiger partial charge is 0.312 e. The molecule has 0 aromatic heterocycles. The highest BCUT2D eigenvalue weighted by Crippen LogP contribution is 2.61. The van der Waals surface area contributed by atoms with Crippen LogP contribution in [0.5, 0.6) is 0 Å². The van der Waals surface area contributed by atoms with Crippen molar-refractivity contribution in [3.63, 3.8) is 0 Å². The minimum Gasteiger partial charge on any atom is -0.481 e. The van der Waals surface area contributed by atoms with Crippen molar-refractivity contribution < 1.29 is 19.5 Å². The number of carboxylic acids is 1. The standard InChI is InChI=1S/C20H17ClN2O4/c21-15-8-22-7-13-17(12-5-10(24)1-2-11(12)15)14(19(26)27)9-23-16(25)6-20(3-4-20)18(13)23/h1-2,5,8,14,18H,3-4,6-7,9H2,(H,26,27). The number of hydrogen-bond acceptors (Lipinski definition) is 4. The Morgan fingerprint density at radius 2 is 2.07 bits per heavy atom. The first-order chi connectivity index (χ1) is 12.9. The van der Waals surface area contributed by atoms with Gasteiger partial charge in [0.05, 0.1) is 23.5 Å². The first kappa shape index (κ1) is 16.7. The van der Waals surface area contributed by atoms with Gasteiger partial charge < -0.3 is 10.0 Å². The van der Waals surface area contributed by atoms with Gasteiger partial charge in [-0.25, -0.2) is 0 Å². The molecule has 2 unspecified atom stereocenters. The zero-order chi connectivity index (χ0) is 18.9. The van der Waals surface area contributed by atoms with Crippen LogP contribution in [0.2, 0.25) is 0 Å². The highest BCUT2D eigenvalue weighted by atomic mass is 35.5. The SMILES string of the molecule is O=C1C=CC2=C(Cl)C=NCC3=C(C2=C1)C(C(=O)O)CN1C(=O)CC2(CC2)C31. The quantitative estimate of drug-likeness (QED) is 0.749. The lowest BCUT2D eigenvalue weighted by atomic mass is 9.74. The second kappa shape index (κ2) is 5.52. The summed E-state index contributed by atoms with van der Waals surface area (Å²) in [5.41, 5.74) is 2.55. The second-order valence-electron chi connectivity index (χ2n) is 7.84. The minimum atomic E-state index is -1.01. The Morgan fingerprint density at radius 3 is 2.78 bits per heavy atom. The molecule has 1 saturated carbocycles. The van der Waals surface area contributed by atoms with E-state index in [4.69, 9.17) is 11.6 Å². The van der Waals surface area contributed by atoms with Crippen LogP contribution < -0.4 is 0 Å². The average Bonchev–Trinajstić information content (AvgIpc) is 3.32. The van der Waals surface area contributed by atoms with Crippen LogP contribution in [0.3, 0.4) is 0 Å². The Morgan fingerprint density at radius 1 is 1.30 bits per heavy atom. The van der Waals surface area contributed by atoms with Crippen LogP contribution in [-0.2, 0) is 14.4 Å². The molecular formula is C20H17ClN2O4. The molecule has 1 saturated heterocycles. The highest BCUT2D eigenvalue weighted by molar-refractivity contribution is 6.40. The van der Waals surface area contributed by atoms with Crippen molar-refractivity contribution in [3.05, 3.63) is 45.6 Å². The second-order valence-corrected chi connectivity index (χ2v) is 8.25. The number of aliphatic carboxylic acids is 1. The number of nitrogens with zero attached hydrogens (tertiary/aromatic N) is 2. The predicted molar refractivity (Wildman–Crippen MR) is 98.4 cm³/mol. The van der Waals surface area contributed by atoms with E-state index >= 15 is 0 Å². The van der Waals surface area contributed by atoms with E-state index in [2.05, 4.69) is 4.99 Å². The molecule has 0 bridgehead atoms. The van der Waals surface area contributed by atoms with Gasteiger partial charge in [-0.1, -0.05) is 11.6 Å². The van der Waals surface area contributed by atoms with Crippen molar-refractivity contribution in [3.8, 4) is 0 Å². The maximum absolute atomic E-state index is 12.6. The summed E-state index contributed by atoms with van der Waals surface area (Å²) in [5.74, 6) is -2.08. The van der Waals surface area contributed by atoms with Crippen molar-refractivity contribution in [1.29, 1.82) is 0 Å². The fourth-order valence-electron chi connectivity index (χ4n) is 4.99. The van der Waals surface area contributed by atoms with Gasteiger partial charge in [0.1, 0.15) is 0 Å². The lowest BCUT2D eigenvalue weighted by Crippen LogP contribution is -2.49. The fraction of sp³-hybridized carbons (Fsp3) is 0.400. The maximum Gasteiger partial charge on any atom is 0.312 e. The molecule has 3 aliphatic heterocycles.